The number of nitrogens with one attached hydrogen (secondary N) is 1. The van der Waals surface area contributed by atoms with Crippen molar-refractivity contribution in [2.24, 2.45) is 0 Å². The van der Waals surface area contributed by atoms with Gasteiger partial charge in [-0.25, -0.2) is 4.39 Å². The second kappa shape index (κ2) is 6.63. The SMILES string of the molecule is COC(C(=O)Nc1ccc(Br)c(F)c1)c1ccccc1. The van der Waals surface area contributed by atoms with Crippen LogP contribution in [0.3, 0.4) is 0 Å². The smallest absolute Gasteiger partial charge is 0.258 e. The highest BCUT2D eigenvalue weighted by atomic mass is 79.9. The largest absolute Gasteiger partial charge is 0.367 e. The molecule has 0 aliphatic rings. The van der Waals surface area contributed by atoms with Crippen molar-refractivity contribution in [3.8, 4) is 0 Å². The van der Waals surface area contributed by atoms with Crippen molar-refractivity contribution >= 4 is 27.5 Å². The number of hydrogen-bond acceptors (Lipinski definition) is 2. The van der Waals surface area contributed by atoms with E-state index in [1.807, 2.05) is 18.2 Å². The lowest BCUT2D eigenvalue weighted by molar-refractivity contribution is -0.126. The van der Waals surface area contributed by atoms with Crippen molar-refractivity contribution in [3.05, 3.63) is 64.4 Å². The molecule has 0 spiro atoms. The van der Waals surface area contributed by atoms with Crippen LogP contribution in [0.15, 0.2) is 53.0 Å². The predicted octanol–water partition coefficient (Wildman–Crippen LogP) is 3.91. The number of rotatable bonds is 4. The van der Waals surface area contributed by atoms with Crippen LogP contribution in [0.2, 0.25) is 0 Å². The zero-order valence-corrected chi connectivity index (χ0v) is 12.4. The van der Waals surface area contributed by atoms with Crippen molar-refractivity contribution in [1.29, 1.82) is 0 Å². The molecule has 0 saturated heterocycles. The van der Waals surface area contributed by atoms with Crippen molar-refractivity contribution in [3.63, 3.8) is 0 Å². The molecule has 2 aromatic carbocycles. The van der Waals surface area contributed by atoms with E-state index in [0.29, 0.717) is 10.2 Å². The maximum Gasteiger partial charge on any atom is 0.258 e. The molecule has 1 unspecified atom stereocenters. The summed E-state index contributed by atoms with van der Waals surface area (Å²) in [6.07, 6.45) is -0.733. The maximum atomic E-state index is 13.4. The van der Waals surface area contributed by atoms with Crippen LogP contribution in [0, 0.1) is 5.82 Å². The van der Waals surface area contributed by atoms with Gasteiger partial charge >= 0.3 is 0 Å². The summed E-state index contributed by atoms with van der Waals surface area (Å²) in [6.45, 7) is 0. The molecule has 3 nitrogen and oxygen atoms in total. The normalized spacial score (nSPS) is 11.9. The quantitative estimate of drug-likeness (QED) is 0.918. The summed E-state index contributed by atoms with van der Waals surface area (Å²) in [5.74, 6) is -0.781. The molecule has 1 amide bonds. The minimum atomic E-state index is -0.733. The molecular formula is C15H13BrFNO2. The fraction of sp³-hybridized carbons (Fsp3) is 0.133. The third-order valence-corrected chi connectivity index (χ3v) is 3.41. The Morgan fingerprint density at radius 3 is 2.55 bits per heavy atom. The molecule has 0 saturated carbocycles. The van der Waals surface area contributed by atoms with Gasteiger partial charge in [-0.15, -0.1) is 0 Å². The number of methoxy groups -OCH3 is 1. The van der Waals surface area contributed by atoms with E-state index in [0.717, 1.165) is 5.56 Å². The average molecular weight is 338 g/mol. The number of hydrogen-bond donors (Lipinski definition) is 1. The topological polar surface area (TPSA) is 38.3 Å². The lowest BCUT2D eigenvalue weighted by Crippen LogP contribution is -2.22. The van der Waals surface area contributed by atoms with E-state index < -0.39 is 11.9 Å². The van der Waals surface area contributed by atoms with Crippen LogP contribution < -0.4 is 5.32 Å². The minimum absolute atomic E-state index is 0.347. The number of carbonyl (C=O) groups is 1. The minimum Gasteiger partial charge on any atom is -0.367 e. The van der Waals surface area contributed by atoms with Crippen LogP contribution in [-0.4, -0.2) is 13.0 Å². The van der Waals surface area contributed by atoms with Gasteiger partial charge in [-0.1, -0.05) is 30.3 Å². The van der Waals surface area contributed by atoms with Gasteiger partial charge in [-0.05, 0) is 39.7 Å². The Labute approximate surface area is 124 Å². The molecule has 1 atom stereocenters. The predicted molar refractivity (Wildman–Crippen MR) is 78.9 cm³/mol. The first kappa shape index (κ1) is 14.7. The molecule has 0 heterocycles. The van der Waals surface area contributed by atoms with Crippen molar-refractivity contribution in [1.82, 2.24) is 0 Å². The summed E-state index contributed by atoms with van der Waals surface area (Å²) in [5, 5.41) is 2.63. The van der Waals surface area contributed by atoms with Crippen LogP contribution in [-0.2, 0) is 9.53 Å². The Hall–Kier alpha value is -1.72. The number of anilines is 1. The summed E-state index contributed by atoms with van der Waals surface area (Å²) in [4.78, 5) is 12.2. The summed E-state index contributed by atoms with van der Waals surface area (Å²) in [6, 6.07) is 13.5. The summed E-state index contributed by atoms with van der Waals surface area (Å²) in [5.41, 5.74) is 1.12. The van der Waals surface area contributed by atoms with E-state index >= 15 is 0 Å². The monoisotopic (exact) mass is 337 g/mol. The van der Waals surface area contributed by atoms with Gasteiger partial charge in [-0.2, -0.15) is 0 Å². The Bertz CT molecular complexity index is 604. The summed E-state index contributed by atoms with van der Waals surface area (Å²) < 4.78 is 19.0. The Kier molecular flexibility index (Phi) is 4.87. The van der Waals surface area contributed by atoms with Crippen LogP contribution in [0.4, 0.5) is 10.1 Å². The third kappa shape index (κ3) is 3.43. The van der Waals surface area contributed by atoms with E-state index in [4.69, 9.17) is 4.74 Å². The second-order valence-electron chi connectivity index (χ2n) is 4.14. The molecule has 20 heavy (non-hydrogen) atoms. The van der Waals surface area contributed by atoms with E-state index in [9.17, 15) is 9.18 Å². The van der Waals surface area contributed by atoms with Crippen LogP contribution in [0.5, 0.6) is 0 Å². The summed E-state index contributed by atoms with van der Waals surface area (Å²) >= 11 is 3.06. The molecule has 0 aromatic heterocycles. The molecule has 1 N–H and O–H groups in total. The number of benzene rings is 2. The summed E-state index contributed by atoms with van der Waals surface area (Å²) in [7, 11) is 1.46. The number of carbonyl (C=O) groups excluding carboxylic acids is 1. The van der Waals surface area contributed by atoms with Crippen LogP contribution in [0.25, 0.3) is 0 Å². The molecule has 0 bridgehead atoms. The highest BCUT2D eigenvalue weighted by molar-refractivity contribution is 9.10. The van der Waals surface area contributed by atoms with E-state index in [1.165, 1.54) is 19.2 Å². The van der Waals surface area contributed by atoms with Gasteiger partial charge in [0.15, 0.2) is 6.10 Å². The second-order valence-corrected chi connectivity index (χ2v) is 5.00. The van der Waals surface area contributed by atoms with Gasteiger partial charge < -0.3 is 10.1 Å². The highest BCUT2D eigenvalue weighted by Crippen LogP contribution is 2.22. The molecular weight excluding hydrogens is 325 g/mol. The van der Waals surface area contributed by atoms with Crippen molar-refractivity contribution < 1.29 is 13.9 Å². The number of ether oxygens (including phenoxy) is 1. The molecule has 104 valence electrons. The number of amides is 1. The van der Waals surface area contributed by atoms with Crippen LogP contribution >= 0.6 is 15.9 Å². The highest BCUT2D eigenvalue weighted by Gasteiger charge is 2.20. The van der Waals surface area contributed by atoms with Crippen LogP contribution in [0.1, 0.15) is 11.7 Å². The zero-order chi connectivity index (χ0) is 14.5. The van der Waals surface area contributed by atoms with Gasteiger partial charge in [0.1, 0.15) is 5.82 Å². The Morgan fingerprint density at radius 1 is 1.25 bits per heavy atom. The molecule has 0 fully saturated rings. The molecule has 0 aliphatic carbocycles. The van der Waals surface area contributed by atoms with E-state index in [1.54, 1.807) is 18.2 Å². The van der Waals surface area contributed by atoms with Crippen molar-refractivity contribution in [2.75, 3.05) is 12.4 Å². The van der Waals surface area contributed by atoms with Gasteiger partial charge in [-0.3, -0.25) is 4.79 Å². The Balaban J connectivity index is 2.15. The standard InChI is InChI=1S/C15H13BrFNO2/c1-20-14(10-5-3-2-4-6-10)15(19)18-11-7-8-12(16)13(17)9-11/h2-9,14H,1H3,(H,18,19). The fourth-order valence-electron chi connectivity index (χ4n) is 1.80. The van der Waals surface area contributed by atoms with Gasteiger partial charge in [0, 0.05) is 12.8 Å². The lowest BCUT2D eigenvalue weighted by atomic mass is 10.1. The average Bonchev–Trinajstić information content (AvgIpc) is 2.45. The third-order valence-electron chi connectivity index (χ3n) is 2.76. The zero-order valence-electron chi connectivity index (χ0n) is 10.8. The van der Waals surface area contributed by atoms with E-state index in [-0.39, 0.29) is 5.91 Å². The van der Waals surface area contributed by atoms with E-state index in [2.05, 4.69) is 21.2 Å². The first-order chi connectivity index (χ1) is 9.61. The molecule has 2 aromatic rings. The fourth-order valence-corrected chi connectivity index (χ4v) is 2.05. The van der Waals surface area contributed by atoms with Gasteiger partial charge in [0.2, 0.25) is 0 Å². The first-order valence-corrected chi connectivity index (χ1v) is 6.75. The van der Waals surface area contributed by atoms with Gasteiger partial charge in [0.05, 0.1) is 4.47 Å². The lowest BCUT2D eigenvalue weighted by Gasteiger charge is -2.15. The first-order valence-electron chi connectivity index (χ1n) is 5.95. The molecule has 5 heteroatoms. The van der Waals surface area contributed by atoms with Crippen molar-refractivity contribution in [2.45, 2.75) is 6.10 Å². The number of halogens is 2. The molecule has 0 aliphatic heterocycles. The molecule has 0 radical (unpaired) electrons. The molecule has 2 rings (SSSR count). The Morgan fingerprint density at radius 2 is 1.95 bits per heavy atom. The van der Waals surface area contributed by atoms with Gasteiger partial charge in [0.25, 0.3) is 5.91 Å². The maximum absolute atomic E-state index is 13.4.